The van der Waals surface area contributed by atoms with Crippen LogP contribution in [-0.4, -0.2) is 49.8 Å². The number of methoxy groups -OCH3 is 2. The molecule has 1 amide bonds. The Balaban J connectivity index is 2.41. The highest BCUT2D eigenvalue weighted by molar-refractivity contribution is 5.87. The van der Waals surface area contributed by atoms with Crippen LogP contribution in [0.3, 0.4) is 0 Å². The number of β-amino-alcohol motifs (C(OH)–C–C–N with tert-alkyl or cyclic N) is 1. The van der Waals surface area contributed by atoms with Gasteiger partial charge < -0.3 is 19.5 Å². The van der Waals surface area contributed by atoms with Gasteiger partial charge in [-0.1, -0.05) is 6.07 Å². The van der Waals surface area contributed by atoms with Crippen LogP contribution in [0.5, 0.6) is 11.5 Å². The fraction of sp³-hybridized carbons (Fsp3) is 0.462. The molecule has 0 aromatic heterocycles. The predicted molar refractivity (Wildman–Crippen MR) is 65.9 cm³/mol. The molecule has 0 bridgehead atoms. The first kappa shape index (κ1) is 12.7. The number of likely N-dealkylation sites (tertiary alicyclic amines) is 1. The standard InChI is InChI=1S/C13H17NO4/c1-14-7-10(15)12(13(14)16)9-5-4-8(17-2)6-11(9)18-3/h4-6,10,12,15H,7H2,1-3H3. The van der Waals surface area contributed by atoms with Crippen molar-refractivity contribution < 1.29 is 19.4 Å². The Morgan fingerprint density at radius 1 is 1.33 bits per heavy atom. The largest absolute Gasteiger partial charge is 0.497 e. The van der Waals surface area contributed by atoms with Gasteiger partial charge in [-0.2, -0.15) is 0 Å². The van der Waals surface area contributed by atoms with Gasteiger partial charge in [0.2, 0.25) is 5.91 Å². The van der Waals surface area contributed by atoms with Crippen LogP contribution < -0.4 is 9.47 Å². The third-order valence-corrected chi connectivity index (χ3v) is 3.26. The second kappa shape index (κ2) is 4.86. The second-order valence-corrected chi connectivity index (χ2v) is 4.37. The highest BCUT2D eigenvalue weighted by Gasteiger charge is 2.40. The molecule has 0 spiro atoms. The topological polar surface area (TPSA) is 59.0 Å². The Morgan fingerprint density at radius 3 is 2.56 bits per heavy atom. The molecule has 1 heterocycles. The molecule has 2 unspecified atom stereocenters. The average Bonchev–Trinajstić information content (AvgIpc) is 2.62. The van der Waals surface area contributed by atoms with Crippen molar-refractivity contribution in [1.29, 1.82) is 0 Å². The van der Waals surface area contributed by atoms with Gasteiger partial charge >= 0.3 is 0 Å². The van der Waals surface area contributed by atoms with Crippen molar-refractivity contribution in [2.24, 2.45) is 0 Å². The zero-order chi connectivity index (χ0) is 13.3. The van der Waals surface area contributed by atoms with E-state index >= 15 is 0 Å². The summed E-state index contributed by atoms with van der Waals surface area (Å²) in [6, 6.07) is 5.24. The molecule has 0 radical (unpaired) electrons. The fourth-order valence-electron chi connectivity index (χ4n) is 2.29. The van der Waals surface area contributed by atoms with E-state index in [4.69, 9.17) is 9.47 Å². The van der Waals surface area contributed by atoms with Crippen LogP contribution in [0.15, 0.2) is 18.2 Å². The number of nitrogens with zero attached hydrogens (tertiary/aromatic N) is 1. The number of aliphatic hydroxyl groups excluding tert-OH is 1. The van der Waals surface area contributed by atoms with Gasteiger partial charge in [0.05, 0.1) is 26.2 Å². The highest BCUT2D eigenvalue weighted by atomic mass is 16.5. The Labute approximate surface area is 106 Å². The van der Waals surface area contributed by atoms with E-state index < -0.39 is 12.0 Å². The van der Waals surface area contributed by atoms with Gasteiger partial charge in [0.25, 0.3) is 0 Å². The Kier molecular flexibility index (Phi) is 3.43. The third-order valence-electron chi connectivity index (χ3n) is 3.26. The van der Waals surface area contributed by atoms with Gasteiger partial charge in [0, 0.05) is 25.2 Å². The van der Waals surface area contributed by atoms with Crippen molar-refractivity contribution in [3.05, 3.63) is 23.8 Å². The summed E-state index contributed by atoms with van der Waals surface area (Å²) in [5.74, 6) is 0.563. The molecule has 98 valence electrons. The number of rotatable bonds is 3. The van der Waals surface area contributed by atoms with Gasteiger partial charge in [-0.3, -0.25) is 4.79 Å². The molecule has 5 heteroatoms. The zero-order valence-corrected chi connectivity index (χ0v) is 10.7. The third kappa shape index (κ3) is 2.01. The first-order chi connectivity index (χ1) is 8.58. The summed E-state index contributed by atoms with van der Waals surface area (Å²) in [7, 11) is 4.78. The molecule has 2 atom stereocenters. The van der Waals surface area contributed by atoms with Crippen molar-refractivity contribution in [3.8, 4) is 11.5 Å². The molecule has 1 aromatic rings. The van der Waals surface area contributed by atoms with Crippen molar-refractivity contribution in [3.63, 3.8) is 0 Å². The number of carbonyl (C=O) groups is 1. The van der Waals surface area contributed by atoms with Crippen molar-refractivity contribution >= 4 is 5.91 Å². The van der Waals surface area contributed by atoms with E-state index in [9.17, 15) is 9.90 Å². The van der Waals surface area contributed by atoms with E-state index in [1.807, 2.05) is 0 Å². The maximum absolute atomic E-state index is 12.0. The van der Waals surface area contributed by atoms with E-state index in [1.54, 1.807) is 32.4 Å². The monoisotopic (exact) mass is 251 g/mol. The minimum absolute atomic E-state index is 0.0917. The Hall–Kier alpha value is -1.75. The summed E-state index contributed by atoms with van der Waals surface area (Å²) in [6.45, 7) is 0.346. The van der Waals surface area contributed by atoms with Gasteiger partial charge in [0.1, 0.15) is 11.5 Å². The Morgan fingerprint density at radius 2 is 2.06 bits per heavy atom. The number of aliphatic hydroxyl groups is 1. The number of amides is 1. The summed E-state index contributed by atoms with van der Waals surface area (Å²) >= 11 is 0. The minimum atomic E-state index is -0.704. The predicted octanol–water partition coefficient (Wildman–Crippen LogP) is 0.620. The number of ether oxygens (including phenoxy) is 2. The lowest BCUT2D eigenvalue weighted by molar-refractivity contribution is -0.128. The van der Waals surface area contributed by atoms with Crippen LogP contribution >= 0.6 is 0 Å². The lowest BCUT2D eigenvalue weighted by atomic mass is 9.94. The molecule has 0 aliphatic carbocycles. The molecule has 1 saturated heterocycles. The Bertz CT molecular complexity index is 460. The lowest BCUT2D eigenvalue weighted by Crippen LogP contribution is -2.22. The smallest absolute Gasteiger partial charge is 0.232 e. The normalized spacial score (nSPS) is 23.3. The number of benzene rings is 1. The molecule has 1 aromatic carbocycles. The van der Waals surface area contributed by atoms with Gasteiger partial charge in [-0.05, 0) is 6.07 Å². The molecule has 1 fully saturated rings. The number of hydrogen-bond donors (Lipinski definition) is 1. The number of hydrogen-bond acceptors (Lipinski definition) is 4. The van der Waals surface area contributed by atoms with E-state index in [1.165, 1.54) is 12.0 Å². The van der Waals surface area contributed by atoms with Gasteiger partial charge in [-0.25, -0.2) is 0 Å². The highest BCUT2D eigenvalue weighted by Crippen LogP contribution is 2.36. The van der Waals surface area contributed by atoms with E-state index in [0.717, 1.165) is 0 Å². The SMILES string of the molecule is COc1ccc(C2C(=O)N(C)CC2O)c(OC)c1. The molecule has 0 saturated carbocycles. The molecule has 2 rings (SSSR count). The van der Waals surface area contributed by atoms with Crippen molar-refractivity contribution in [1.82, 2.24) is 4.90 Å². The molecular weight excluding hydrogens is 234 g/mol. The van der Waals surface area contributed by atoms with Gasteiger partial charge in [0.15, 0.2) is 0 Å². The summed E-state index contributed by atoms with van der Waals surface area (Å²) in [6.07, 6.45) is -0.704. The van der Waals surface area contributed by atoms with Crippen LogP contribution in [0.1, 0.15) is 11.5 Å². The first-order valence-corrected chi connectivity index (χ1v) is 5.73. The minimum Gasteiger partial charge on any atom is -0.497 e. The van der Waals surface area contributed by atoms with Crippen LogP contribution in [0, 0.1) is 0 Å². The summed E-state index contributed by atoms with van der Waals surface area (Å²) < 4.78 is 10.4. The second-order valence-electron chi connectivity index (χ2n) is 4.37. The van der Waals surface area contributed by atoms with Crippen LogP contribution in [-0.2, 0) is 4.79 Å². The summed E-state index contributed by atoms with van der Waals surface area (Å²) in [4.78, 5) is 13.5. The average molecular weight is 251 g/mol. The van der Waals surface area contributed by atoms with Crippen LogP contribution in [0.2, 0.25) is 0 Å². The van der Waals surface area contributed by atoms with Crippen molar-refractivity contribution in [2.75, 3.05) is 27.8 Å². The zero-order valence-electron chi connectivity index (χ0n) is 10.7. The van der Waals surface area contributed by atoms with E-state index in [2.05, 4.69) is 0 Å². The lowest BCUT2D eigenvalue weighted by Gasteiger charge is -2.16. The molecule has 18 heavy (non-hydrogen) atoms. The maximum atomic E-state index is 12.0. The van der Waals surface area contributed by atoms with Crippen LogP contribution in [0.25, 0.3) is 0 Å². The number of likely N-dealkylation sites (N-methyl/N-ethyl adjacent to an activating group) is 1. The first-order valence-electron chi connectivity index (χ1n) is 5.73. The summed E-state index contributed by atoms with van der Waals surface area (Å²) in [5.41, 5.74) is 0.695. The van der Waals surface area contributed by atoms with Crippen LogP contribution in [0.4, 0.5) is 0 Å². The van der Waals surface area contributed by atoms with E-state index in [-0.39, 0.29) is 5.91 Å². The molecule has 1 N–H and O–H groups in total. The fourth-order valence-corrected chi connectivity index (χ4v) is 2.29. The molecule has 5 nitrogen and oxygen atoms in total. The van der Waals surface area contributed by atoms with Gasteiger partial charge in [-0.15, -0.1) is 0 Å². The quantitative estimate of drug-likeness (QED) is 0.855. The summed E-state index contributed by atoms with van der Waals surface area (Å²) in [5, 5.41) is 9.98. The molecular formula is C13H17NO4. The van der Waals surface area contributed by atoms with Crippen molar-refractivity contribution in [2.45, 2.75) is 12.0 Å². The maximum Gasteiger partial charge on any atom is 0.232 e. The molecule has 1 aliphatic heterocycles. The molecule has 1 aliphatic rings. The number of carbonyl (C=O) groups excluding carboxylic acids is 1. The van der Waals surface area contributed by atoms with E-state index in [0.29, 0.717) is 23.6 Å².